The maximum Gasteiger partial charge on any atom is 0.363 e. The van der Waals surface area contributed by atoms with Gasteiger partial charge in [-0.25, -0.2) is 9.79 Å². The van der Waals surface area contributed by atoms with Crippen molar-refractivity contribution in [2.24, 2.45) is 4.99 Å². The zero-order valence-electron chi connectivity index (χ0n) is 12.7. The van der Waals surface area contributed by atoms with Crippen LogP contribution >= 0.6 is 15.9 Å². The van der Waals surface area contributed by atoms with Crippen LogP contribution in [-0.2, 0) is 9.53 Å². The molecule has 5 heteroatoms. The molecule has 3 rings (SSSR count). The SMILES string of the molecule is COc1ccc(/C=C2/N=C(c3cccc(C)c3)OC2=O)cc1Br. The molecule has 0 amide bonds. The fourth-order valence-electron chi connectivity index (χ4n) is 2.24. The van der Waals surface area contributed by atoms with Crippen molar-refractivity contribution in [3.63, 3.8) is 0 Å². The molecule has 2 aromatic carbocycles. The number of benzene rings is 2. The van der Waals surface area contributed by atoms with Crippen LogP contribution in [-0.4, -0.2) is 19.0 Å². The first kappa shape index (κ1) is 15.5. The molecule has 0 unspecified atom stereocenters. The highest BCUT2D eigenvalue weighted by Gasteiger charge is 2.24. The molecule has 0 spiro atoms. The fourth-order valence-corrected chi connectivity index (χ4v) is 2.80. The first-order valence-electron chi connectivity index (χ1n) is 7.00. The Balaban J connectivity index is 1.93. The van der Waals surface area contributed by atoms with E-state index in [-0.39, 0.29) is 5.70 Å². The Labute approximate surface area is 142 Å². The van der Waals surface area contributed by atoms with E-state index in [4.69, 9.17) is 9.47 Å². The number of methoxy groups -OCH3 is 1. The quantitative estimate of drug-likeness (QED) is 0.602. The van der Waals surface area contributed by atoms with Gasteiger partial charge in [-0.3, -0.25) is 0 Å². The van der Waals surface area contributed by atoms with E-state index in [1.165, 1.54) is 0 Å². The topological polar surface area (TPSA) is 47.9 Å². The molecular weight excluding hydrogens is 358 g/mol. The van der Waals surface area contributed by atoms with Crippen LogP contribution in [0.25, 0.3) is 6.08 Å². The van der Waals surface area contributed by atoms with Gasteiger partial charge in [0.05, 0.1) is 11.6 Å². The second-order valence-corrected chi connectivity index (χ2v) is 5.95. The number of ether oxygens (including phenoxy) is 2. The number of carbonyl (C=O) groups is 1. The van der Waals surface area contributed by atoms with Crippen molar-refractivity contribution in [3.8, 4) is 5.75 Å². The number of aryl methyl sites for hydroxylation is 1. The van der Waals surface area contributed by atoms with Crippen LogP contribution in [0.5, 0.6) is 5.75 Å². The first-order chi connectivity index (χ1) is 11.1. The van der Waals surface area contributed by atoms with E-state index >= 15 is 0 Å². The lowest BCUT2D eigenvalue weighted by Crippen LogP contribution is -2.05. The lowest BCUT2D eigenvalue weighted by atomic mass is 10.1. The Kier molecular flexibility index (Phi) is 4.30. The van der Waals surface area contributed by atoms with Gasteiger partial charge in [0.2, 0.25) is 5.90 Å². The molecule has 0 saturated carbocycles. The molecule has 23 heavy (non-hydrogen) atoms. The maximum absolute atomic E-state index is 12.0. The Bertz CT molecular complexity index is 840. The third-order valence-electron chi connectivity index (χ3n) is 3.36. The summed E-state index contributed by atoms with van der Waals surface area (Å²) in [4.78, 5) is 16.3. The lowest BCUT2D eigenvalue weighted by Gasteiger charge is -2.03. The summed E-state index contributed by atoms with van der Waals surface area (Å²) in [5, 5.41) is 0. The number of carbonyl (C=O) groups excluding carboxylic acids is 1. The summed E-state index contributed by atoms with van der Waals surface area (Å²) in [6.45, 7) is 1.98. The summed E-state index contributed by atoms with van der Waals surface area (Å²) in [5.41, 5.74) is 2.98. The number of hydrogen-bond donors (Lipinski definition) is 0. The highest BCUT2D eigenvalue weighted by Crippen LogP contribution is 2.27. The molecule has 4 nitrogen and oxygen atoms in total. The first-order valence-corrected chi connectivity index (χ1v) is 7.79. The third-order valence-corrected chi connectivity index (χ3v) is 3.98. The van der Waals surface area contributed by atoms with Crippen LogP contribution in [0.1, 0.15) is 16.7 Å². The van der Waals surface area contributed by atoms with Gasteiger partial charge in [0, 0.05) is 5.56 Å². The molecular formula is C18H14BrNO3. The number of halogens is 1. The number of cyclic esters (lactones) is 1. The standard InChI is InChI=1S/C18H14BrNO3/c1-11-4-3-5-13(8-11)17-20-15(18(21)23-17)10-12-6-7-16(22-2)14(19)9-12/h3-10H,1-2H3/b15-10+. The highest BCUT2D eigenvalue weighted by molar-refractivity contribution is 9.10. The largest absolute Gasteiger partial charge is 0.496 e. The minimum Gasteiger partial charge on any atom is -0.496 e. The lowest BCUT2D eigenvalue weighted by molar-refractivity contribution is -0.129. The van der Waals surface area contributed by atoms with E-state index in [1.54, 1.807) is 13.2 Å². The van der Waals surface area contributed by atoms with E-state index in [2.05, 4.69) is 20.9 Å². The number of nitrogens with zero attached hydrogens (tertiary/aromatic N) is 1. The van der Waals surface area contributed by atoms with Gasteiger partial charge >= 0.3 is 5.97 Å². The number of rotatable bonds is 3. The minimum absolute atomic E-state index is 0.276. The van der Waals surface area contributed by atoms with E-state index in [1.807, 2.05) is 49.4 Å². The van der Waals surface area contributed by atoms with Crippen molar-refractivity contribution in [2.75, 3.05) is 7.11 Å². The van der Waals surface area contributed by atoms with E-state index in [9.17, 15) is 4.79 Å². The minimum atomic E-state index is -0.451. The summed E-state index contributed by atoms with van der Waals surface area (Å²) < 4.78 is 11.3. The number of aliphatic imine (C=N–C) groups is 1. The summed E-state index contributed by atoms with van der Waals surface area (Å²) in [6, 6.07) is 13.2. The van der Waals surface area contributed by atoms with Crippen LogP contribution < -0.4 is 4.74 Å². The molecule has 2 aromatic rings. The van der Waals surface area contributed by atoms with Crippen LogP contribution in [0.3, 0.4) is 0 Å². The molecule has 0 aromatic heterocycles. The second kappa shape index (κ2) is 6.38. The molecule has 0 fully saturated rings. The molecule has 0 bridgehead atoms. The molecule has 0 atom stereocenters. The Morgan fingerprint density at radius 1 is 1.22 bits per heavy atom. The van der Waals surface area contributed by atoms with E-state index in [0.29, 0.717) is 5.90 Å². The average molecular weight is 372 g/mol. The van der Waals surface area contributed by atoms with E-state index < -0.39 is 5.97 Å². The van der Waals surface area contributed by atoms with Crippen molar-refractivity contribution < 1.29 is 14.3 Å². The summed E-state index contributed by atoms with van der Waals surface area (Å²) >= 11 is 3.42. The zero-order valence-corrected chi connectivity index (χ0v) is 14.3. The number of esters is 1. The zero-order chi connectivity index (χ0) is 16.4. The normalized spacial score (nSPS) is 15.5. The predicted octanol–water partition coefficient (Wildman–Crippen LogP) is 4.11. The van der Waals surface area contributed by atoms with Gasteiger partial charge in [-0.15, -0.1) is 0 Å². The third kappa shape index (κ3) is 3.35. The van der Waals surface area contributed by atoms with Crippen molar-refractivity contribution in [2.45, 2.75) is 6.92 Å². The molecule has 0 N–H and O–H groups in total. The van der Waals surface area contributed by atoms with Gasteiger partial charge in [-0.05, 0) is 58.8 Å². The van der Waals surface area contributed by atoms with Crippen molar-refractivity contribution in [1.82, 2.24) is 0 Å². The Morgan fingerprint density at radius 3 is 2.74 bits per heavy atom. The second-order valence-electron chi connectivity index (χ2n) is 5.10. The molecule has 0 radical (unpaired) electrons. The van der Waals surface area contributed by atoms with Crippen LogP contribution in [0, 0.1) is 6.92 Å². The van der Waals surface area contributed by atoms with Gasteiger partial charge in [0.1, 0.15) is 5.75 Å². The van der Waals surface area contributed by atoms with Gasteiger partial charge in [-0.1, -0.05) is 23.8 Å². The Hall–Kier alpha value is -2.40. The molecule has 116 valence electrons. The molecule has 1 aliphatic heterocycles. The molecule has 0 saturated heterocycles. The summed E-state index contributed by atoms with van der Waals surface area (Å²) in [6.07, 6.45) is 1.69. The Morgan fingerprint density at radius 2 is 2.04 bits per heavy atom. The molecule has 1 aliphatic rings. The van der Waals surface area contributed by atoms with Crippen molar-refractivity contribution >= 4 is 33.9 Å². The number of hydrogen-bond acceptors (Lipinski definition) is 4. The van der Waals surface area contributed by atoms with Gasteiger partial charge in [0.25, 0.3) is 0 Å². The van der Waals surface area contributed by atoms with Crippen molar-refractivity contribution in [3.05, 3.63) is 69.3 Å². The fraction of sp³-hybridized carbons (Fsp3) is 0.111. The monoisotopic (exact) mass is 371 g/mol. The predicted molar refractivity (Wildman–Crippen MR) is 92.5 cm³/mol. The van der Waals surface area contributed by atoms with Crippen LogP contribution in [0.15, 0.2) is 57.6 Å². The van der Waals surface area contributed by atoms with Gasteiger partial charge in [-0.2, -0.15) is 0 Å². The molecule has 0 aliphatic carbocycles. The molecule has 1 heterocycles. The van der Waals surface area contributed by atoms with E-state index in [0.717, 1.165) is 26.9 Å². The average Bonchev–Trinajstić information content (AvgIpc) is 2.89. The van der Waals surface area contributed by atoms with Gasteiger partial charge in [0.15, 0.2) is 5.70 Å². The van der Waals surface area contributed by atoms with Crippen LogP contribution in [0.2, 0.25) is 0 Å². The summed E-state index contributed by atoms with van der Waals surface area (Å²) in [5.74, 6) is 0.607. The summed E-state index contributed by atoms with van der Waals surface area (Å²) in [7, 11) is 1.60. The highest BCUT2D eigenvalue weighted by atomic mass is 79.9. The van der Waals surface area contributed by atoms with Gasteiger partial charge < -0.3 is 9.47 Å². The maximum atomic E-state index is 12.0. The smallest absolute Gasteiger partial charge is 0.363 e. The van der Waals surface area contributed by atoms with Crippen LogP contribution in [0.4, 0.5) is 0 Å². The van der Waals surface area contributed by atoms with Crippen molar-refractivity contribution in [1.29, 1.82) is 0 Å².